The minimum Gasteiger partial charge on any atom is -0.336 e. The highest BCUT2D eigenvalue weighted by Crippen LogP contribution is 2.29. The molecule has 3 heteroatoms. The molecule has 1 N–H and O–H groups in total. The normalized spacial score (nSPS) is 25.9. The van der Waals surface area contributed by atoms with E-state index in [1.54, 1.807) is 0 Å². The van der Waals surface area contributed by atoms with E-state index < -0.39 is 0 Å². The van der Waals surface area contributed by atoms with Gasteiger partial charge in [-0.3, -0.25) is 4.79 Å². The number of likely N-dealkylation sites (N-methyl/N-ethyl adjacent to an activating group) is 1. The third kappa shape index (κ3) is 2.94. The Labute approximate surface area is 93.2 Å². The lowest BCUT2D eigenvalue weighted by atomic mass is 9.98. The lowest BCUT2D eigenvalue weighted by Gasteiger charge is -2.35. The summed E-state index contributed by atoms with van der Waals surface area (Å²) in [6.45, 7) is 6.18. The van der Waals surface area contributed by atoms with Crippen LogP contribution in [0, 0.1) is 0 Å². The Bertz CT molecular complexity index is 218. The zero-order valence-electron chi connectivity index (χ0n) is 10.3. The first-order chi connectivity index (χ1) is 7.14. The molecule has 1 fully saturated rings. The number of unbranched alkanes of at least 4 members (excludes halogenated alkanes) is 1. The van der Waals surface area contributed by atoms with E-state index in [1.807, 2.05) is 7.05 Å². The van der Waals surface area contributed by atoms with Gasteiger partial charge in [0.1, 0.15) is 0 Å². The Morgan fingerprint density at radius 1 is 1.53 bits per heavy atom. The van der Waals surface area contributed by atoms with Gasteiger partial charge in [0.05, 0.1) is 5.54 Å². The first-order valence-corrected chi connectivity index (χ1v) is 6.09. The third-order valence-corrected chi connectivity index (χ3v) is 3.35. The second kappa shape index (κ2) is 5.50. The first kappa shape index (κ1) is 12.5. The maximum absolute atomic E-state index is 12.0. The Kier molecular flexibility index (Phi) is 4.58. The van der Waals surface area contributed by atoms with E-state index in [4.69, 9.17) is 0 Å². The zero-order chi connectivity index (χ0) is 11.3. The summed E-state index contributed by atoms with van der Waals surface area (Å²) < 4.78 is 0. The van der Waals surface area contributed by atoms with Crippen molar-refractivity contribution in [1.29, 1.82) is 0 Å². The molecule has 88 valence electrons. The van der Waals surface area contributed by atoms with E-state index in [2.05, 4.69) is 24.1 Å². The SMILES string of the molecule is CCCCC(=O)N1CCCC1(C)CNC. The summed E-state index contributed by atoms with van der Waals surface area (Å²) in [6, 6.07) is 0. The second-order valence-electron chi connectivity index (χ2n) is 4.78. The average molecular weight is 212 g/mol. The van der Waals surface area contributed by atoms with Crippen molar-refractivity contribution in [2.45, 2.75) is 51.5 Å². The summed E-state index contributed by atoms with van der Waals surface area (Å²) in [4.78, 5) is 14.1. The molecular weight excluding hydrogens is 188 g/mol. The molecule has 0 radical (unpaired) electrons. The number of likely N-dealkylation sites (tertiary alicyclic amines) is 1. The molecule has 0 aromatic carbocycles. The number of carbonyl (C=O) groups is 1. The molecule has 1 rings (SSSR count). The van der Waals surface area contributed by atoms with E-state index >= 15 is 0 Å². The Balaban J connectivity index is 2.55. The first-order valence-electron chi connectivity index (χ1n) is 6.09. The number of hydrogen-bond donors (Lipinski definition) is 1. The van der Waals surface area contributed by atoms with Crippen molar-refractivity contribution < 1.29 is 4.79 Å². The summed E-state index contributed by atoms with van der Waals surface area (Å²) in [5.74, 6) is 0.340. The molecule has 1 saturated heterocycles. The van der Waals surface area contributed by atoms with Crippen molar-refractivity contribution in [2.24, 2.45) is 0 Å². The van der Waals surface area contributed by atoms with Crippen LogP contribution in [0.25, 0.3) is 0 Å². The Morgan fingerprint density at radius 3 is 2.87 bits per heavy atom. The standard InChI is InChI=1S/C12H24N2O/c1-4-5-7-11(15)14-9-6-8-12(14,2)10-13-3/h13H,4-10H2,1-3H3. The highest BCUT2D eigenvalue weighted by molar-refractivity contribution is 5.77. The van der Waals surface area contributed by atoms with Crippen molar-refractivity contribution in [1.82, 2.24) is 10.2 Å². The van der Waals surface area contributed by atoms with Crippen molar-refractivity contribution in [3.05, 3.63) is 0 Å². The van der Waals surface area contributed by atoms with Gasteiger partial charge in [0.15, 0.2) is 0 Å². The molecule has 15 heavy (non-hydrogen) atoms. The summed E-state index contributed by atoms with van der Waals surface area (Å²) in [6.07, 6.45) is 5.12. The fourth-order valence-electron chi connectivity index (χ4n) is 2.48. The topological polar surface area (TPSA) is 32.3 Å². The van der Waals surface area contributed by atoms with Gasteiger partial charge in [0.25, 0.3) is 0 Å². The van der Waals surface area contributed by atoms with Crippen molar-refractivity contribution >= 4 is 5.91 Å². The van der Waals surface area contributed by atoms with Gasteiger partial charge >= 0.3 is 0 Å². The minimum atomic E-state index is 0.0551. The van der Waals surface area contributed by atoms with Gasteiger partial charge in [-0.15, -0.1) is 0 Å². The monoisotopic (exact) mass is 212 g/mol. The van der Waals surface area contributed by atoms with Crippen LogP contribution in [0.3, 0.4) is 0 Å². The molecular formula is C12H24N2O. The van der Waals surface area contributed by atoms with E-state index in [-0.39, 0.29) is 5.54 Å². The van der Waals surface area contributed by atoms with Crippen LogP contribution in [0.15, 0.2) is 0 Å². The van der Waals surface area contributed by atoms with Gasteiger partial charge < -0.3 is 10.2 Å². The fraction of sp³-hybridized carbons (Fsp3) is 0.917. The van der Waals surface area contributed by atoms with E-state index in [9.17, 15) is 4.79 Å². The smallest absolute Gasteiger partial charge is 0.223 e. The highest BCUT2D eigenvalue weighted by Gasteiger charge is 2.38. The molecule has 1 heterocycles. The lowest BCUT2D eigenvalue weighted by molar-refractivity contribution is -0.134. The summed E-state index contributed by atoms with van der Waals surface area (Å²) in [7, 11) is 1.96. The third-order valence-electron chi connectivity index (χ3n) is 3.35. The van der Waals surface area contributed by atoms with Crippen molar-refractivity contribution in [3.8, 4) is 0 Å². The molecule has 1 aliphatic rings. The Morgan fingerprint density at radius 2 is 2.27 bits per heavy atom. The number of rotatable bonds is 5. The van der Waals surface area contributed by atoms with Crippen LogP contribution in [0.4, 0.5) is 0 Å². The van der Waals surface area contributed by atoms with Crippen LogP contribution >= 0.6 is 0 Å². The largest absolute Gasteiger partial charge is 0.336 e. The van der Waals surface area contributed by atoms with Gasteiger partial charge in [-0.1, -0.05) is 13.3 Å². The molecule has 0 aliphatic carbocycles. The van der Waals surface area contributed by atoms with Gasteiger partial charge in [0.2, 0.25) is 5.91 Å². The molecule has 0 spiro atoms. The van der Waals surface area contributed by atoms with Crippen LogP contribution in [0.5, 0.6) is 0 Å². The summed E-state index contributed by atoms with van der Waals surface area (Å²) in [5, 5.41) is 3.20. The number of hydrogen-bond acceptors (Lipinski definition) is 2. The Hall–Kier alpha value is -0.570. The van der Waals surface area contributed by atoms with Crippen LogP contribution < -0.4 is 5.32 Å². The number of nitrogens with one attached hydrogen (secondary N) is 1. The maximum atomic E-state index is 12.0. The summed E-state index contributed by atoms with van der Waals surface area (Å²) >= 11 is 0. The highest BCUT2D eigenvalue weighted by atomic mass is 16.2. The van der Waals surface area contributed by atoms with Crippen LogP contribution in [0.2, 0.25) is 0 Å². The molecule has 1 unspecified atom stereocenters. The average Bonchev–Trinajstić information content (AvgIpc) is 2.57. The molecule has 3 nitrogen and oxygen atoms in total. The van der Waals surface area contributed by atoms with Gasteiger partial charge in [0, 0.05) is 19.5 Å². The maximum Gasteiger partial charge on any atom is 0.223 e. The lowest BCUT2D eigenvalue weighted by Crippen LogP contribution is -2.50. The summed E-state index contributed by atoms with van der Waals surface area (Å²) in [5.41, 5.74) is 0.0551. The number of amides is 1. The van der Waals surface area contributed by atoms with Crippen LogP contribution in [-0.4, -0.2) is 36.5 Å². The van der Waals surface area contributed by atoms with Crippen LogP contribution in [0.1, 0.15) is 46.0 Å². The van der Waals surface area contributed by atoms with Gasteiger partial charge in [-0.05, 0) is 33.2 Å². The molecule has 1 amide bonds. The zero-order valence-corrected chi connectivity index (χ0v) is 10.3. The van der Waals surface area contributed by atoms with Crippen molar-refractivity contribution in [3.63, 3.8) is 0 Å². The predicted octanol–water partition coefficient (Wildman–Crippen LogP) is 1.78. The second-order valence-corrected chi connectivity index (χ2v) is 4.78. The van der Waals surface area contributed by atoms with Gasteiger partial charge in [-0.25, -0.2) is 0 Å². The minimum absolute atomic E-state index is 0.0551. The molecule has 0 aromatic heterocycles. The van der Waals surface area contributed by atoms with E-state index in [1.165, 1.54) is 0 Å². The quantitative estimate of drug-likeness (QED) is 0.753. The molecule has 0 aromatic rings. The fourth-order valence-corrected chi connectivity index (χ4v) is 2.48. The molecule has 0 saturated carbocycles. The molecule has 0 bridgehead atoms. The van der Waals surface area contributed by atoms with Crippen LogP contribution in [-0.2, 0) is 4.79 Å². The van der Waals surface area contributed by atoms with E-state index in [0.29, 0.717) is 5.91 Å². The predicted molar refractivity (Wildman–Crippen MR) is 62.8 cm³/mol. The molecule has 1 aliphatic heterocycles. The van der Waals surface area contributed by atoms with E-state index in [0.717, 1.165) is 45.2 Å². The number of nitrogens with zero attached hydrogens (tertiary/aromatic N) is 1. The number of carbonyl (C=O) groups excluding carboxylic acids is 1. The van der Waals surface area contributed by atoms with Crippen molar-refractivity contribution in [2.75, 3.05) is 20.1 Å². The van der Waals surface area contributed by atoms with Gasteiger partial charge in [-0.2, -0.15) is 0 Å². The molecule has 1 atom stereocenters.